The van der Waals surface area contributed by atoms with E-state index in [1.165, 1.54) is 23.0 Å². The SMILES string of the molecule is Cc1ccc(CNc2ccc3ncc(-c4cncnc4)n3n2)c(C)c1. The average Bonchev–Trinajstić information content (AvgIpc) is 3.05. The van der Waals surface area contributed by atoms with E-state index in [-0.39, 0.29) is 0 Å². The molecule has 0 aliphatic heterocycles. The summed E-state index contributed by atoms with van der Waals surface area (Å²) in [6.45, 7) is 4.96. The highest BCUT2D eigenvalue weighted by molar-refractivity contribution is 5.61. The first-order valence-corrected chi connectivity index (χ1v) is 8.11. The van der Waals surface area contributed by atoms with E-state index in [0.29, 0.717) is 0 Å². The van der Waals surface area contributed by atoms with Gasteiger partial charge in [0.2, 0.25) is 0 Å². The van der Waals surface area contributed by atoms with Crippen LogP contribution in [-0.2, 0) is 6.54 Å². The Labute approximate surface area is 145 Å². The van der Waals surface area contributed by atoms with Crippen LogP contribution in [0.5, 0.6) is 0 Å². The van der Waals surface area contributed by atoms with Gasteiger partial charge in [-0.1, -0.05) is 23.8 Å². The molecule has 0 spiro atoms. The summed E-state index contributed by atoms with van der Waals surface area (Å²) in [4.78, 5) is 12.5. The van der Waals surface area contributed by atoms with Crippen molar-refractivity contribution < 1.29 is 0 Å². The summed E-state index contributed by atoms with van der Waals surface area (Å²) in [7, 11) is 0. The Balaban J connectivity index is 1.62. The number of anilines is 1. The van der Waals surface area contributed by atoms with Crippen molar-refractivity contribution in [1.82, 2.24) is 24.6 Å². The van der Waals surface area contributed by atoms with Crippen LogP contribution in [0.25, 0.3) is 16.9 Å². The Morgan fingerprint density at radius 3 is 2.64 bits per heavy atom. The molecule has 0 fully saturated rings. The number of aryl methyl sites for hydroxylation is 2. The third kappa shape index (κ3) is 3.06. The number of aromatic nitrogens is 5. The lowest BCUT2D eigenvalue weighted by atomic mass is 10.1. The minimum atomic E-state index is 0.725. The number of hydrogen-bond donors (Lipinski definition) is 1. The largest absolute Gasteiger partial charge is 0.365 e. The van der Waals surface area contributed by atoms with Gasteiger partial charge in [0.05, 0.1) is 11.9 Å². The number of fused-ring (bicyclic) bond motifs is 1. The van der Waals surface area contributed by atoms with E-state index < -0.39 is 0 Å². The maximum Gasteiger partial charge on any atom is 0.154 e. The van der Waals surface area contributed by atoms with Gasteiger partial charge in [-0.15, -0.1) is 5.10 Å². The van der Waals surface area contributed by atoms with Crippen molar-refractivity contribution in [1.29, 1.82) is 0 Å². The summed E-state index contributed by atoms with van der Waals surface area (Å²) in [6.07, 6.45) is 6.81. The molecule has 4 rings (SSSR count). The van der Waals surface area contributed by atoms with E-state index in [1.54, 1.807) is 18.6 Å². The molecule has 0 unspecified atom stereocenters. The Bertz CT molecular complexity index is 1020. The molecule has 4 aromatic rings. The number of benzene rings is 1. The lowest BCUT2D eigenvalue weighted by molar-refractivity contribution is 0.927. The van der Waals surface area contributed by atoms with Crippen molar-refractivity contribution in [3.05, 3.63) is 71.9 Å². The fourth-order valence-corrected chi connectivity index (χ4v) is 2.83. The van der Waals surface area contributed by atoms with Crippen LogP contribution in [0.3, 0.4) is 0 Å². The van der Waals surface area contributed by atoms with Crippen LogP contribution < -0.4 is 5.32 Å². The van der Waals surface area contributed by atoms with Gasteiger partial charge in [0.15, 0.2) is 5.65 Å². The second kappa shape index (κ2) is 6.32. The van der Waals surface area contributed by atoms with Gasteiger partial charge in [-0.3, -0.25) is 0 Å². The van der Waals surface area contributed by atoms with Crippen LogP contribution >= 0.6 is 0 Å². The number of nitrogens with zero attached hydrogens (tertiary/aromatic N) is 5. The molecule has 3 heterocycles. The van der Waals surface area contributed by atoms with Crippen LogP contribution in [-0.4, -0.2) is 24.6 Å². The zero-order valence-electron chi connectivity index (χ0n) is 14.1. The molecule has 6 heteroatoms. The van der Waals surface area contributed by atoms with Crippen LogP contribution in [0, 0.1) is 13.8 Å². The maximum absolute atomic E-state index is 4.66. The predicted octanol–water partition coefficient (Wildman–Crippen LogP) is 3.42. The van der Waals surface area contributed by atoms with Crippen molar-refractivity contribution in [3.63, 3.8) is 0 Å². The van der Waals surface area contributed by atoms with Crippen molar-refractivity contribution in [2.75, 3.05) is 5.32 Å². The first kappa shape index (κ1) is 15.3. The molecule has 0 saturated carbocycles. The Morgan fingerprint density at radius 2 is 1.84 bits per heavy atom. The van der Waals surface area contributed by atoms with Gasteiger partial charge < -0.3 is 5.32 Å². The molecular formula is C19H18N6. The van der Waals surface area contributed by atoms with E-state index in [4.69, 9.17) is 0 Å². The van der Waals surface area contributed by atoms with E-state index in [1.807, 2.05) is 16.6 Å². The molecule has 1 aromatic carbocycles. The lowest BCUT2D eigenvalue weighted by Crippen LogP contribution is -2.06. The number of nitrogens with one attached hydrogen (secondary N) is 1. The molecule has 0 amide bonds. The van der Waals surface area contributed by atoms with Gasteiger partial charge in [-0.25, -0.2) is 19.5 Å². The van der Waals surface area contributed by atoms with E-state index in [9.17, 15) is 0 Å². The quantitative estimate of drug-likeness (QED) is 0.621. The normalized spacial score (nSPS) is 11.0. The molecule has 0 aliphatic carbocycles. The smallest absolute Gasteiger partial charge is 0.154 e. The highest BCUT2D eigenvalue weighted by Gasteiger charge is 2.08. The topological polar surface area (TPSA) is 68.0 Å². The highest BCUT2D eigenvalue weighted by atomic mass is 15.3. The fraction of sp³-hybridized carbons (Fsp3) is 0.158. The molecule has 0 atom stereocenters. The minimum absolute atomic E-state index is 0.725. The molecule has 25 heavy (non-hydrogen) atoms. The zero-order chi connectivity index (χ0) is 17.2. The lowest BCUT2D eigenvalue weighted by Gasteiger charge is -2.10. The van der Waals surface area contributed by atoms with Gasteiger partial charge in [0.25, 0.3) is 0 Å². The number of hydrogen-bond acceptors (Lipinski definition) is 5. The molecular weight excluding hydrogens is 312 g/mol. The molecule has 1 N–H and O–H groups in total. The first-order chi connectivity index (χ1) is 12.2. The predicted molar refractivity (Wildman–Crippen MR) is 97.3 cm³/mol. The molecule has 124 valence electrons. The first-order valence-electron chi connectivity index (χ1n) is 8.11. The van der Waals surface area contributed by atoms with E-state index in [0.717, 1.165) is 29.3 Å². The van der Waals surface area contributed by atoms with Crippen LogP contribution in [0.4, 0.5) is 5.82 Å². The Morgan fingerprint density at radius 1 is 1.00 bits per heavy atom. The summed E-state index contributed by atoms with van der Waals surface area (Å²) < 4.78 is 1.81. The summed E-state index contributed by atoms with van der Waals surface area (Å²) in [5.41, 5.74) is 6.35. The van der Waals surface area contributed by atoms with E-state index in [2.05, 4.69) is 57.4 Å². The molecule has 0 radical (unpaired) electrons. The Kier molecular flexibility index (Phi) is 3.85. The molecule has 0 saturated heterocycles. The summed E-state index contributed by atoms with van der Waals surface area (Å²) in [5.74, 6) is 0.795. The number of imidazole rings is 1. The van der Waals surface area contributed by atoms with Crippen LogP contribution in [0.15, 0.2) is 55.2 Å². The summed E-state index contributed by atoms with van der Waals surface area (Å²) >= 11 is 0. The molecule has 0 aliphatic rings. The van der Waals surface area contributed by atoms with Gasteiger partial charge in [0.1, 0.15) is 12.1 Å². The van der Waals surface area contributed by atoms with Crippen LogP contribution in [0.2, 0.25) is 0 Å². The van der Waals surface area contributed by atoms with Gasteiger partial charge in [-0.05, 0) is 37.1 Å². The molecule has 3 aromatic heterocycles. The molecule has 0 bridgehead atoms. The van der Waals surface area contributed by atoms with Crippen molar-refractivity contribution >= 4 is 11.5 Å². The summed E-state index contributed by atoms with van der Waals surface area (Å²) in [5, 5.41) is 8.05. The van der Waals surface area contributed by atoms with Crippen molar-refractivity contribution in [2.45, 2.75) is 20.4 Å². The van der Waals surface area contributed by atoms with Gasteiger partial charge >= 0.3 is 0 Å². The average molecular weight is 330 g/mol. The van der Waals surface area contributed by atoms with Gasteiger partial charge in [0, 0.05) is 24.5 Å². The standard InChI is InChI=1S/C19H18N6/c1-13-3-4-15(14(2)7-13)10-22-18-5-6-19-23-11-17(25(19)24-18)16-8-20-12-21-9-16/h3-9,11-12H,10H2,1-2H3,(H,22,24). The third-order valence-electron chi connectivity index (χ3n) is 4.18. The van der Waals surface area contributed by atoms with Crippen LogP contribution in [0.1, 0.15) is 16.7 Å². The maximum atomic E-state index is 4.66. The fourth-order valence-electron chi connectivity index (χ4n) is 2.83. The Hall–Kier alpha value is -3.28. The van der Waals surface area contributed by atoms with Crippen molar-refractivity contribution in [3.8, 4) is 11.3 Å². The third-order valence-corrected chi connectivity index (χ3v) is 4.18. The monoisotopic (exact) mass is 330 g/mol. The zero-order valence-corrected chi connectivity index (χ0v) is 14.1. The summed E-state index contributed by atoms with van der Waals surface area (Å²) in [6, 6.07) is 10.4. The van der Waals surface area contributed by atoms with E-state index >= 15 is 0 Å². The van der Waals surface area contributed by atoms with Gasteiger partial charge in [-0.2, -0.15) is 0 Å². The molecule has 6 nitrogen and oxygen atoms in total. The highest BCUT2D eigenvalue weighted by Crippen LogP contribution is 2.19. The second-order valence-corrected chi connectivity index (χ2v) is 6.04. The number of rotatable bonds is 4. The second-order valence-electron chi connectivity index (χ2n) is 6.04. The van der Waals surface area contributed by atoms with Crippen molar-refractivity contribution in [2.24, 2.45) is 0 Å². The minimum Gasteiger partial charge on any atom is -0.365 e.